The second-order valence-electron chi connectivity index (χ2n) is 6.14. The van der Waals surface area contributed by atoms with Gasteiger partial charge in [0.15, 0.2) is 17.1 Å². The van der Waals surface area contributed by atoms with Gasteiger partial charge in [-0.25, -0.2) is 9.37 Å². The fourth-order valence-electron chi connectivity index (χ4n) is 2.08. The highest BCUT2D eigenvalue weighted by Gasteiger charge is 2.50. The lowest BCUT2D eigenvalue weighted by atomic mass is 10.1. The van der Waals surface area contributed by atoms with Gasteiger partial charge in [0.1, 0.15) is 0 Å². The normalized spacial score (nSPS) is 13.2. The van der Waals surface area contributed by atoms with E-state index in [2.05, 4.69) is 24.9 Å². The zero-order valence-corrected chi connectivity index (χ0v) is 14.1. The summed E-state index contributed by atoms with van der Waals surface area (Å²) in [5, 5.41) is 6.36. The van der Waals surface area contributed by atoms with Crippen LogP contribution in [0.1, 0.15) is 19.7 Å². The molecule has 0 aromatic carbocycles. The van der Waals surface area contributed by atoms with Crippen LogP contribution < -0.4 is 4.74 Å². The molecule has 6 nitrogen and oxygen atoms in total. The van der Waals surface area contributed by atoms with Gasteiger partial charge in [-0.2, -0.15) is 26.3 Å². The minimum Gasteiger partial charge on any atom is -0.460 e. The number of nitrogens with zero attached hydrogens (tertiary/aromatic N) is 5. The monoisotopic (exact) mass is 409 g/mol. The quantitative estimate of drug-likeness (QED) is 0.611. The lowest BCUT2D eigenvalue weighted by Gasteiger charge is -2.28. The molecule has 3 heterocycles. The van der Waals surface area contributed by atoms with Gasteiger partial charge in [-0.15, -0.1) is 10.2 Å². The van der Waals surface area contributed by atoms with Crippen LogP contribution in [0.4, 0.5) is 30.7 Å². The van der Waals surface area contributed by atoms with Crippen molar-refractivity contribution in [2.24, 2.45) is 0 Å². The Morgan fingerprint density at radius 3 is 2.21 bits per heavy atom. The topological polar surface area (TPSA) is 65.2 Å². The van der Waals surface area contributed by atoms with Gasteiger partial charge < -0.3 is 4.74 Å². The smallest absolute Gasteiger partial charge is 0.452 e. The third-order valence-electron chi connectivity index (χ3n) is 3.68. The molecule has 0 aliphatic heterocycles. The SMILES string of the molecule is CC(C)(Oc1ncc(-c2cn3c(C(F)(F)F)nnc3cn2)cc1F)C(F)(F)F. The predicted octanol–water partition coefficient (Wildman–Crippen LogP) is 4.06. The van der Waals surface area contributed by atoms with E-state index >= 15 is 0 Å². The van der Waals surface area contributed by atoms with Crippen LogP contribution in [0.2, 0.25) is 0 Å². The van der Waals surface area contributed by atoms with E-state index in [1.165, 1.54) is 0 Å². The van der Waals surface area contributed by atoms with E-state index in [4.69, 9.17) is 0 Å². The van der Waals surface area contributed by atoms with Crippen LogP contribution in [0.3, 0.4) is 0 Å². The molecule has 0 saturated carbocycles. The summed E-state index contributed by atoms with van der Waals surface area (Å²) in [7, 11) is 0. The van der Waals surface area contributed by atoms with Crippen molar-refractivity contribution in [1.82, 2.24) is 24.6 Å². The van der Waals surface area contributed by atoms with Crippen molar-refractivity contribution >= 4 is 5.65 Å². The molecule has 28 heavy (non-hydrogen) atoms. The number of rotatable bonds is 3. The Kier molecular flexibility index (Phi) is 4.43. The maximum Gasteiger partial charge on any atom is 0.452 e. The molecule has 0 atom stereocenters. The molecule has 0 radical (unpaired) electrons. The highest BCUT2D eigenvalue weighted by molar-refractivity contribution is 5.59. The largest absolute Gasteiger partial charge is 0.460 e. The van der Waals surface area contributed by atoms with Gasteiger partial charge in [-0.05, 0) is 19.9 Å². The van der Waals surface area contributed by atoms with E-state index in [0.717, 1.165) is 24.7 Å². The Hall–Kier alpha value is -2.99. The third-order valence-corrected chi connectivity index (χ3v) is 3.68. The molecule has 0 unspecified atom stereocenters. The summed E-state index contributed by atoms with van der Waals surface area (Å²) >= 11 is 0. The van der Waals surface area contributed by atoms with Crippen molar-refractivity contribution < 1.29 is 35.5 Å². The van der Waals surface area contributed by atoms with E-state index in [1.807, 2.05) is 0 Å². The Morgan fingerprint density at radius 2 is 1.64 bits per heavy atom. The van der Waals surface area contributed by atoms with Crippen LogP contribution in [0, 0.1) is 5.82 Å². The second kappa shape index (κ2) is 6.27. The van der Waals surface area contributed by atoms with E-state index in [9.17, 15) is 30.7 Å². The summed E-state index contributed by atoms with van der Waals surface area (Å²) in [6.45, 7) is 1.39. The summed E-state index contributed by atoms with van der Waals surface area (Å²) in [4.78, 5) is 7.33. The van der Waals surface area contributed by atoms with Crippen LogP contribution >= 0.6 is 0 Å². The van der Waals surface area contributed by atoms with Crippen molar-refractivity contribution in [2.45, 2.75) is 31.8 Å². The number of hydrogen-bond acceptors (Lipinski definition) is 5. The maximum absolute atomic E-state index is 14.2. The molecule has 150 valence electrons. The first-order valence-electron chi connectivity index (χ1n) is 7.49. The summed E-state index contributed by atoms with van der Waals surface area (Å²) in [6.07, 6.45) is -6.75. The summed E-state index contributed by atoms with van der Waals surface area (Å²) in [6, 6.07) is 0.751. The number of halogens is 7. The number of hydrogen-bond donors (Lipinski definition) is 0. The van der Waals surface area contributed by atoms with Crippen LogP contribution in [0.5, 0.6) is 5.88 Å². The fourth-order valence-corrected chi connectivity index (χ4v) is 2.08. The van der Waals surface area contributed by atoms with Crippen molar-refractivity contribution in [3.8, 4) is 17.1 Å². The molecule has 0 aliphatic carbocycles. The summed E-state index contributed by atoms with van der Waals surface area (Å²) < 4.78 is 96.8. The first-order chi connectivity index (χ1) is 12.8. The van der Waals surface area contributed by atoms with Gasteiger partial charge in [0.05, 0.1) is 11.9 Å². The molecular weight excluding hydrogens is 399 g/mol. The van der Waals surface area contributed by atoms with Crippen molar-refractivity contribution in [3.63, 3.8) is 0 Å². The first-order valence-corrected chi connectivity index (χ1v) is 7.49. The predicted molar refractivity (Wildman–Crippen MR) is 79.7 cm³/mol. The molecule has 13 heteroatoms. The molecular formula is C15H10F7N5O. The lowest BCUT2D eigenvalue weighted by molar-refractivity contribution is -0.235. The number of aromatic nitrogens is 5. The van der Waals surface area contributed by atoms with Gasteiger partial charge in [0, 0.05) is 18.0 Å². The lowest BCUT2D eigenvalue weighted by Crippen LogP contribution is -2.45. The van der Waals surface area contributed by atoms with E-state index < -0.39 is 35.5 Å². The zero-order chi connectivity index (χ0) is 20.9. The summed E-state index contributed by atoms with van der Waals surface area (Å²) in [5.41, 5.74) is -3.12. The average Bonchev–Trinajstić information content (AvgIpc) is 2.98. The van der Waals surface area contributed by atoms with Gasteiger partial charge in [0.25, 0.3) is 5.88 Å². The molecule has 0 fully saturated rings. The maximum atomic E-state index is 14.2. The number of ether oxygens (including phenoxy) is 1. The van der Waals surface area contributed by atoms with Crippen molar-refractivity contribution in [2.75, 3.05) is 0 Å². The molecule has 0 aliphatic rings. The molecule has 3 rings (SSSR count). The molecule has 0 saturated heterocycles. The first kappa shape index (κ1) is 19.8. The van der Waals surface area contributed by atoms with Gasteiger partial charge >= 0.3 is 12.4 Å². The van der Waals surface area contributed by atoms with Crippen LogP contribution in [-0.4, -0.2) is 36.3 Å². The summed E-state index contributed by atoms with van der Waals surface area (Å²) in [5.74, 6) is -3.46. The Balaban J connectivity index is 1.98. The van der Waals surface area contributed by atoms with E-state index in [1.54, 1.807) is 0 Å². The van der Waals surface area contributed by atoms with Crippen LogP contribution in [-0.2, 0) is 6.18 Å². The van der Waals surface area contributed by atoms with Crippen LogP contribution in [0.25, 0.3) is 16.9 Å². The minimum absolute atomic E-state index is 0.0848. The van der Waals surface area contributed by atoms with Crippen molar-refractivity contribution in [1.29, 1.82) is 0 Å². The number of alkyl halides is 6. The Morgan fingerprint density at radius 1 is 0.964 bits per heavy atom. The number of fused-ring (bicyclic) bond motifs is 1. The molecule has 0 bridgehead atoms. The zero-order valence-electron chi connectivity index (χ0n) is 14.1. The standard InChI is InChI=1S/C15H10F7N5O/c1-13(2,15(20,21)22)28-11-8(16)3-7(4-24-11)9-6-27-10(5-23-9)25-26-12(27)14(17,18)19/h3-6H,1-2H3. The molecule has 0 amide bonds. The Bertz CT molecular complexity index is 1030. The number of pyridine rings is 1. The molecule has 0 N–H and O–H groups in total. The van der Waals surface area contributed by atoms with E-state index in [0.29, 0.717) is 18.2 Å². The fraction of sp³-hybridized carbons (Fsp3) is 0.333. The molecule has 0 spiro atoms. The van der Waals surface area contributed by atoms with Gasteiger partial charge in [-0.1, -0.05) is 0 Å². The van der Waals surface area contributed by atoms with Gasteiger partial charge in [-0.3, -0.25) is 9.38 Å². The van der Waals surface area contributed by atoms with Crippen LogP contribution in [0.15, 0.2) is 24.7 Å². The highest BCUT2D eigenvalue weighted by Crippen LogP contribution is 2.35. The van der Waals surface area contributed by atoms with E-state index in [-0.39, 0.29) is 16.9 Å². The van der Waals surface area contributed by atoms with Gasteiger partial charge in [0.2, 0.25) is 5.82 Å². The average molecular weight is 409 g/mol. The third kappa shape index (κ3) is 3.55. The minimum atomic E-state index is -4.79. The second-order valence-corrected chi connectivity index (χ2v) is 6.14. The van der Waals surface area contributed by atoms with Crippen molar-refractivity contribution in [3.05, 3.63) is 36.3 Å². The molecule has 3 aromatic rings. The Labute approximate surface area is 152 Å². The highest BCUT2D eigenvalue weighted by atomic mass is 19.4. The molecule has 3 aromatic heterocycles.